The molecule has 0 bridgehead atoms. The van der Waals surface area contributed by atoms with Crippen LogP contribution < -0.4 is 5.32 Å². The van der Waals surface area contributed by atoms with Crippen molar-refractivity contribution in [1.29, 1.82) is 5.26 Å². The fourth-order valence-electron chi connectivity index (χ4n) is 2.09. The van der Waals surface area contributed by atoms with Gasteiger partial charge < -0.3 is 5.32 Å². The number of pyridine rings is 2. The van der Waals surface area contributed by atoms with Crippen LogP contribution in [0.4, 0.5) is 5.82 Å². The van der Waals surface area contributed by atoms with Crippen LogP contribution in [0.25, 0.3) is 0 Å². The Balaban J connectivity index is 1.94. The number of rotatable bonds is 5. The smallest absolute Gasteiger partial charge is 0.226 e. The zero-order valence-corrected chi connectivity index (χ0v) is 14.2. The van der Waals surface area contributed by atoms with Gasteiger partial charge in [0.2, 0.25) is 5.91 Å². The molecular weight excluding hydrogens is 308 g/mol. The van der Waals surface area contributed by atoms with Crippen LogP contribution in [0.15, 0.2) is 29.4 Å². The molecule has 2 aromatic heterocycles. The molecule has 2 heterocycles. The molecule has 0 aromatic carbocycles. The third-order valence-electron chi connectivity index (χ3n) is 3.26. The molecule has 0 fully saturated rings. The molecule has 1 N–H and O–H groups in total. The number of nitrogens with zero attached hydrogens (tertiary/aromatic N) is 3. The van der Waals surface area contributed by atoms with Crippen LogP contribution in [-0.4, -0.2) is 21.6 Å². The maximum absolute atomic E-state index is 12.0. The van der Waals surface area contributed by atoms with E-state index in [0.29, 0.717) is 28.6 Å². The van der Waals surface area contributed by atoms with Crippen molar-refractivity contribution in [2.45, 2.75) is 32.2 Å². The standard InChI is InChI=1S/C17H18N4OS/c1-11-5-4-7-19-16(11)21-15(22)6-8-23-17-14(10-18)12(2)9-13(3)20-17/h4-5,7,9H,6,8H2,1-3H3,(H,19,21,22). The highest BCUT2D eigenvalue weighted by Gasteiger charge is 2.11. The molecule has 0 aliphatic rings. The molecule has 1 amide bonds. The number of carbonyl (C=O) groups excluding carboxylic acids is 1. The normalized spacial score (nSPS) is 10.2. The van der Waals surface area contributed by atoms with Crippen molar-refractivity contribution in [2.24, 2.45) is 0 Å². The van der Waals surface area contributed by atoms with Gasteiger partial charge >= 0.3 is 0 Å². The molecule has 0 atom stereocenters. The lowest BCUT2D eigenvalue weighted by molar-refractivity contribution is -0.115. The van der Waals surface area contributed by atoms with Crippen LogP contribution in [0.3, 0.4) is 0 Å². The van der Waals surface area contributed by atoms with Gasteiger partial charge in [0.1, 0.15) is 16.9 Å². The molecule has 5 nitrogen and oxygen atoms in total. The van der Waals surface area contributed by atoms with E-state index in [1.165, 1.54) is 11.8 Å². The van der Waals surface area contributed by atoms with E-state index in [4.69, 9.17) is 0 Å². The van der Waals surface area contributed by atoms with E-state index in [9.17, 15) is 10.1 Å². The van der Waals surface area contributed by atoms with Gasteiger partial charge in [-0.25, -0.2) is 9.97 Å². The molecule has 0 aliphatic heterocycles. The van der Waals surface area contributed by atoms with Crippen LogP contribution in [0.2, 0.25) is 0 Å². The van der Waals surface area contributed by atoms with Gasteiger partial charge in [-0.05, 0) is 44.0 Å². The molecular formula is C17H18N4OS. The molecule has 0 saturated carbocycles. The summed E-state index contributed by atoms with van der Waals surface area (Å²) in [6.45, 7) is 5.69. The number of amides is 1. The van der Waals surface area contributed by atoms with Crippen LogP contribution in [0.5, 0.6) is 0 Å². The van der Waals surface area contributed by atoms with E-state index in [-0.39, 0.29) is 5.91 Å². The van der Waals surface area contributed by atoms with Gasteiger partial charge in [0.15, 0.2) is 0 Å². The van der Waals surface area contributed by atoms with Crippen molar-refractivity contribution in [3.63, 3.8) is 0 Å². The molecule has 23 heavy (non-hydrogen) atoms. The molecule has 0 saturated heterocycles. The minimum Gasteiger partial charge on any atom is -0.310 e. The fourth-order valence-corrected chi connectivity index (χ4v) is 3.13. The lowest BCUT2D eigenvalue weighted by Gasteiger charge is -2.08. The number of anilines is 1. The van der Waals surface area contributed by atoms with E-state index in [1.54, 1.807) is 6.20 Å². The Kier molecular flexibility index (Phi) is 5.72. The second-order valence-corrected chi connectivity index (χ2v) is 6.27. The maximum Gasteiger partial charge on any atom is 0.226 e. The summed E-state index contributed by atoms with van der Waals surface area (Å²) in [5.74, 6) is 1.05. The van der Waals surface area contributed by atoms with Crippen molar-refractivity contribution in [3.05, 3.63) is 46.8 Å². The van der Waals surface area contributed by atoms with Gasteiger partial charge in [-0.15, -0.1) is 11.8 Å². The summed E-state index contributed by atoms with van der Waals surface area (Å²) >= 11 is 1.43. The summed E-state index contributed by atoms with van der Waals surface area (Å²) in [6.07, 6.45) is 1.98. The molecule has 2 aromatic rings. The van der Waals surface area contributed by atoms with E-state index in [2.05, 4.69) is 21.4 Å². The Morgan fingerprint density at radius 2 is 2.13 bits per heavy atom. The predicted octanol–water partition coefficient (Wildman–Crippen LogP) is 3.39. The predicted molar refractivity (Wildman–Crippen MR) is 91.4 cm³/mol. The second-order valence-electron chi connectivity index (χ2n) is 5.19. The zero-order valence-electron chi connectivity index (χ0n) is 13.4. The number of carbonyl (C=O) groups is 1. The number of hydrogen-bond acceptors (Lipinski definition) is 5. The van der Waals surface area contributed by atoms with Crippen molar-refractivity contribution in [2.75, 3.05) is 11.1 Å². The summed E-state index contributed by atoms with van der Waals surface area (Å²) in [4.78, 5) is 20.5. The Hall–Kier alpha value is -2.39. The van der Waals surface area contributed by atoms with E-state index in [0.717, 1.165) is 16.8 Å². The lowest BCUT2D eigenvalue weighted by atomic mass is 10.1. The molecule has 0 unspecified atom stereocenters. The number of aryl methyl sites for hydroxylation is 3. The van der Waals surface area contributed by atoms with Gasteiger partial charge in [0, 0.05) is 24.1 Å². The molecule has 0 aliphatic carbocycles. The number of thioether (sulfide) groups is 1. The van der Waals surface area contributed by atoms with Gasteiger partial charge in [0.05, 0.1) is 5.56 Å². The number of hydrogen-bond donors (Lipinski definition) is 1. The zero-order chi connectivity index (χ0) is 16.8. The SMILES string of the molecule is Cc1cc(C)c(C#N)c(SCCC(=O)Nc2ncccc2C)n1. The highest BCUT2D eigenvalue weighted by molar-refractivity contribution is 7.99. The molecule has 6 heteroatoms. The van der Waals surface area contributed by atoms with Crippen LogP contribution in [0, 0.1) is 32.1 Å². The quantitative estimate of drug-likeness (QED) is 0.852. The Bertz CT molecular complexity index is 768. The Morgan fingerprint density at radius 3 is 2.83 bits per heavy atom. The highest BCUT2D eigenvalue weighted by atomic mass is 32.2. The van der Waals surface area contributed by atoms with Crippen LogP contribution in [0.1, 0.15) is 28.8 Å². The summed E-state index contributed by atoms with van der Waals surface area (Å²) < 4.78 is 0. The van der Waals surface area contributed by atoms with Crippen molar-refractivity contribution in [1.82, 2.24) is 9.97 Å². The average Bonchev–Trinajstić information content (AvgIpc) is 2.49. The third-order valence-corrected chi connectivity index (χ3v) is 4.24. The van der Waals surface area contributed by atoms with Crippen molar-refractivity contribution in [3.8, 4) is 6.07 Å². The maximum atomic E-state index is 12.0. The Morgan fingerprint density at radius 1 is 1.35 bits per heavy atom. The monoisotopic (exact) mass is 326 g/mol. The van der Waals surface area contributed by atoms with Gasteiger partial charge in [0.25, 0.3) is 0 Å². The number of nitrogens with one attached hydrogen (secondary N) is 1. The van der Waals surface area contributed by atoms with Crippen LogP contribution >= 0.6 is 11.8 Å². The number of nitriles is 1. The number of aromatic nitrogens is 2. The fraction of sp³-hybridized carbons (Fsp3) is 0.294. The van der Waals surface area contributed by atoms with Crippen molar-refractivity contribution < 1.29 is 4.79 Å². The van der Waals surface area contributed by atoms with Gasteiger partial charge in [-0.2, -0.15) is 5.26 Å². The summed E-state index contributed by atoms with van der Waals surface area (Å²) in [6, 6.07) is 7.80. The van der Waals surface area contributed by atoms with Gasteiger partial charge in [-0.3, -0.25) is 4.79 Å². The van der Waals surface area contributed by atoms with E-state index < -0.39 is 0 Å². The first-order valence-electron chi connectivity index (χ1n) is 7.24. The van der Waals surface area contributed by atoms with E-state index in [1.807, 2.05) is 39.0 Å². The van der Waals surface area contributed by atoms with E-state index >= 15 is 0 Å². The Labute approximate surface area is 140 Å². The highest BCUT2D eigenvalue weighted by Crippen LogP contribution is 2.24. The second kappa shape index (κ2) is 7.75. The van der Waals surface area contributed by atoms with Gasteiger partial charge in [-0.1, -0.05) is 6.07 Å². The van der Waals surface area contributed by atoms with Crippen molar-refractivity contribution >= 4 is 23.5 Å². The first kappa shape index (κ1) is 17.0. The summed E-state index contributed by atoms with van der Waals surface area (Å²) in [5, 5.41) is 12.7. The molecule has 118 valence electrons. The molecule has 0 spiro atoms. The largest absolute Gasteiger partial charge is 0.310 e. The topological polar surface area (TPSA) is 78.7 Å². The molecule has 0 radical (unpaired) electrons. The van der Waals surface area contributed by atoms with Crippen LogP contribution in [-0.2, 0) is 4.79 Å². The first-order chi connectivity index (χ1) is 11.0. The summed E-state index contributed by atoms with van der Waals surface area (Å²) in [5.41, 5.74) is 3.30. The molecule has 2 rings (SSSR count). The third kappa shape index (κ3) is 4.54. The lowest BCUT2D eigenvalue weighted by Crippen LogP contribution is -2.14. The minimum atomic E-state index is -0.0952. The minimum absolute atomic E-state index is 0.0952. The average molecular weight is 326 g/mol. The first-order valence-corrected chi connectivity index (χ1v) is 8.22. The summed E-state index contributed by atoms with van der Waals surface area (Å²) in [7, 11) is 0.